The molecule has 5 nitrogen and oxygen atoms in total. The predicted octanol–water partition coefficient (Wildman–Crippen LogP) is 5.83. The Balaban J connectivity index is 1.48. The van der Waals surface area contributed by atoms with Crippen LogP contribution in [0.4, 0.5) is 0 Å². The predicted molar refractivity (Wildman–Crippen MR) is 130 cm³/mol. The van der Waals surface area contributed by atoms with Gasteiger partial charge >= 0.3 is 0 Å². The molecule has 0 aliphatic carbocycles. The van der Waals surface area contributed by atoms with Gasteiger partial charge in [0, 0.05) is 39.8 Å². The number of carbonyl (C=O) groups excluding carboxylic acids is 1. The zero-order valence-corrected chi connectivity index (χ0v) is 18.9. The molecule has 32 heavy (non-hydrogen) atoms. The fourth-order valence-electron chi connectivity index (χ4n) is 3.52. The number of hydrogen-bond donors (Lipinski definition) is 1. The normalized spacial score (nSPS) is 11.2. The zero-order valence-electron chi connectivity index (χ0n) is 17.4. The summed E-state index contributed by atoms with van der Waals surface area (Å²) >= 11 is 12.0. The van der Waals surface area contributed by atoms with E-state index in [1.165, 1.54) is 5.56 Å². The number of hydrogen-bond acceptors (Lipinski definition) is 3. The van der Waals surface area contributed by atoms with Crippen LogP contribution in [0.5, 0.6) is 5.75 Å². The van der Waals surface area contributed by atoms with Crippen molar-refractivity contribution in [3.8, 4) is 5.75 Å². The fourth-order valence-corrected chi connectivity index (χ4v) is 3.86. The SMILES string of the molecule is Cc1c(/C=N/NC(=O)COc2cc(Cl)ccc2Cl)c2ccccc2n1Cc1ccccc1. The van der Waals surface area contributed by atoms with E-state index in [1.807, 2.05) is 30.3 Å². The van der Waals surface area contributed by atoms with Crippen molar-refractivity contribution in [1.82, 2.24) is 9.99 Å². The summed E-state index contributed by atoms with van der Waals surface area (Å²) in [6.45, 7) is 2.57. The van der Waals surface area contributed by atoms with E-state index in [0.29, 0.717) is 15.8 Å². The molecule has 0 spiro atoms. The van der Waals surface area contributed by atoms with Crippen LogP contribution in [-0.4, -0.2) is 23.3 Å². The quantitative estimate of drug-likeness (QED) is 0.275. The topological polar surface area (TPSA) is 55.6 Å². The van der Waals surface area contributed by atoms with Gasteiger partial charge in [0.1, 0.15) is 5.75 Å². The molecular weight excluding hydrogens is 445 g/mol. The fraction of sp³-hybridized carbons (Fsp3) is 0.120. The van der Waals surface area contributed by atoms with Crippen molar-refractivity contribution in [2.24, 2.45) is 5.10 Å². The molecule has 0 saturated heterocycles. The number of fused-ring (bicyclic) bond motifs is 1. The molecule has 1 amide bonds. The maximum Gasteiger partial charge on any atom is 0.277 e. The Morgan fingerprint density at radius 3 is 2.62 bits per heavy atom. The average molecular weight is 466 g/mol. The van der Waals surface area contributed by atoms with Gasteiger partial charge in [0.25, 0.3) is 5.91 Å². The van der Waals surface area contributed by atoms with Crippen molar-refractivity contribution in [3.63, 3.8) is 0 Å². The van der Waals surface area contributed by atoms with E-state index in [2.05, 4.69) is 46.3 Å². The third-order valence-corrected chi connectivity index (χ3v) is 5.65. The lowest BCUT2D eigenvalue weighted by Gasteiger charge is -2.08. The molecule has 0 aliphatic rings. The first kappa shape index (κ1) is 21.9. The lowest BCUT2D eigenvalue weighted by Crippen LogP contribution is -2.24. The van der Waals surface area contributed by atoms with E-state index < -0.39 is 5.91 Å². The summed E-state index contributed by atoms with van der Waals surface area (Å²) < 4.78 is 7.69. The second kappa shape index (κ2) is 9.90. The second-order valence-corrected chi connectivity index (χ2v) is 8.09. The lowest BCUT2D eigenvalue weighted by molar-refractivity contribution is -0.123. The van der Waals surface area contributed by atoms with E-state index in [-0.39, 0.29) is 6.61 Å². The van der Waals surface area contributed by atoms with E-state index >= 15 is 0 Å². The third kappa shape index (κ3) is 4.96. The zero-order chi connectivity index (χ0) is 22.5. The molecule has 0 saturated carbocycles. The summed E-state index contributed by atoms with van der Waals surface area (Å²) in [5, 5.41) is 6.08. The molecule has 7 heteroatoms. The number of rotatable bonds is 7. The van der Waals surface area contributed by atoms with Gasteiger partial charge in [-0.05, 0) is 30.7 Å². The summed E-state index contributed by atoms with van der Waals surface area (Å²) in [4.78, 5) is 12.2. The van der Waals surface area contributed by atoms with Gasteiger partial charge in [0.2, 0.25) is 0 Å². The number of halogens is 2. The standard InChI is InChI=1S/C25H21Cl2N3O2/c1-17-21(14-28-29-25(31)16-32-24-13-19(26)11-12-22(24)27)20-9-5-6-10-23(20)30(17)15-18-7-3-2-4-8-18/h2-14H,15-16H2,1H3,(H,29,31)/b28-14+. The van der Waals surface area contributed by atoms with Crippen molar-refractivity contribution in [2.75, 3.05) is 6.61 Å². The Bertz CT molecular complexity index is 1280. The minimum Gasteiger partial charge on any atom is -0.482 e. The van der Waals surface area contributed by atoms with Gasteiger partial charge in [0.05, 0.1) is 11.2 Å². The van der Waals surface area contributed by atoms with E-state index in [4.69, 9.17) is 27.9 Å². The van der Waals surface area contributed by atoms with Crippen LogP contribution in [0.25, 0.3) is 10.9 Å². The number of carbonyl (C=O) groups is 1. The van der Waals surface area contributed by atoms with E-state index in [1.54, 1.807) is 24.4 Å². The number of benzene rings is 3. The van der Waals surface area contributed by atoms with Crippen molar-refractivity contribution in [3.05, 3.63) is 99.7 Å². The Morgan fingerprint density at radius 1 is 1.06 bits per heavy atom. The molecule has 1 aromatic heterocycles. The monoisotopic (exact) mass is 465 g/mol. The number of nitrogens with zero attached hydrogens (tertiary/aromatic N) is 2. The van der Waals surface area contributed by atoms with Gasteiger partial charge < -0.3 is 9.30 Å². The summed E-state index contributed by atoms with van der Waals surface area (Å²) in [6, 6.07) is 23.3. The minimum absolute atomic E-state index is 0.230. The minimum atomic E-state index is -0.400. The van der Waals surface area contributed by atoms with Crippen LogP contribution in [0.2, 0.25) is 10.0 Å². The first-order chi connectivity index (χ1) is 15.5. The van der Waals surface area contributed by atoms with Crippen molar-refractivity contribution in [2.45, 2.75) is 13.5 Å². The van der Waals surface area contributed by atoms with Gasteiger partial charge in [-0.25, -0.2) is 5.43 Å². The summed E-state index contributed by atoms with van der Waals surface area (Å²) in [5.41, 5.74) is 6.85. The molecule has 0 radical (unpaired) electrons. The highest BCUT2D eigenvalue weighted by atomic mass is 35.5. The van der Waals surface area contributed by atoms with E-state index in [9.17, 15) is 4.79 Å². The molecule has 0 bridgehead atoms. The van der Waals surface area contributed by atoms with Crippen LogP contribution in [-0.2, 0) is 11.3 Å². The molecule has 0 atom stereocenters. The molecule has 3 aromatic carbocycles. The maximum absolute atomic E-state index is 12.2. The van der Waals surface area contributed by atoms with Crippen LogP contribution in [0.3, 0.4) is 0 Å². The molecule has 0 fully saturated rings. The highest BCUT2D eigenvalue weighted by Crippen LogP contribution is 2.28. The molecule has 1 heterocycles. The second-order valence-electron chi connectivity index (χ2n) is 7.24. The number of amides is 1. The number of aromatic nitrogens is 1. The van der Waals surface area contributed by atoms with Crippen LogP contribution in [0.15, 0.2) is 77.9 Å². The Morgan fingerprint density at radius 2 is 1.81 bits per heavy atom. The third-order valence-electron chi connectivity index (χ3n) is 5.10. The van der Waals surface area contributed by atoms with Crippen molar-refractivity contribution >= 4 is 46.2 Å². The molecule has 4 aromatic rings. The number of para-hydroxylation sites is 1. The molecule has 0 unspecified atom stereocenters. The van der Waals surface area contributed by atoms with Crippen LogP contribution in [0, 0.1) is 6.92 Å². The number of ether oxygens (including phenoxy) is 1. The van der Waals surface area contributed by atoms with Crippen molar-refractivity contribution in [1.29, 1.82) is 0 Å². The first-order valence-corrected chi connectivity index (χ1v) is 10.8. The number of nitrogens with one attached hydrogen (secondary N) is 1. The smallest absolute Gasteiger partial charge is 0.277 e. The molecule has 0 aliphatic heterocycles. The van der Waals surface area contributed by atoms with E-state index in [0.717, 1.165) is 28.7 Å². The molecule has 162 valence electrons. The van der Waals surface area contributed by atoms with Crippen molar-refractivity contribution < 1.29 is 9.53 Å². The summed E-state index contributed by atoms with van der Waals surface area (Å²) in [5.74, 6) is -0.0545. The molecule has 4 rings (SSSR count). The Labute approximate surface area is 196 Å². The lowest BCUT2D eigenvalue weighted by atomic mass is 10.1. The van der Waals surface area contributed by atoms with Crippen LogP contribution < -0.4 is 10.2 Å². The largest absolute Gasteiger partial charge is 0.482 e. The van der Waals surface area contributed by atoms with Gasteiger partial charge in [-0.15, -0.1) is 0 Å². The number of hydrazone groups is 1. The van der Waals surface area contributed by atoms with Gasteiger partial charge in [-0.2, -0.15) is 5.10 Å². The first-order valence-electron chi connectivity index (χ1n) is 10.0. The van der Waals surface area contributed by atoms with Gasteiger partial charge in [-0.3, -0.25) is 4.79 Å². The Kier molecular flexibility index (Phi) is 6.78. The summed E-state index contributed by atoms with van der Waals surface area (Å²) in [6.07, 6.45) is 1.67. The Hall–Kier alpha value is -3.28. The highest BCUT2D eigenvalue weighted by molar-refractivity contribution is 6.34. The van der Waals surface area contributed by atoms with Crippen LogP contribution in [0.1, 0.15) is 16.8 Å². The molecular formula is C25H21Cl2N3O2. The summed E-state index contributed by atoms with van der Waals surface area (Å²) in [7, 11) is 0. The molecule has 1 N–H and O–H groups in total. The van der Waals surface area contributed by atoms with Gasteiger partial charge in [-0.1, -0.05) is 71.7 Å². The van der Waals surface area contributed by atoms with Crippen LogP contribution >= 0.6 is 23.2 Å². The highest BCUT2D eigenvalue weighted by Gasteiger charge is 2.13. The average Bonchev–Trinajstić information content (AvgIpc) is 3.06. The van der Waals surface area contributed by atoms with Gasteiger partial charge in [0.15, 0.2) is 6.61 Å². The maximum atomic E-state index is 12.2.